The summed E-state index contributed by atoms with van der Waals surface area (Å²) in [5.74, 6) is 0.378. The Kier molecular flexibility index (Phi) is 5.28. The zero-order chi connectivity index (χ0) is 12.0. The van der Waals surface area contributed by atoms with E-state index in [0.29, 0.717) is 5.75 Å². The molecule has 0 spiro atoms. The van der Waals surface area contributed by atoms with Crippen LogP contribution in [0.3, 0.4) is 0 Å². The molecule has 2 N–H and O–H groups in total. The number of aliphatic hydroxyl groups excluding tert-OH is 1. The van der Waals surface area contributed by atoms with Crippen LogP contribution in [0.15, 0.2) is 28.7 Å². The van der Waals surface area contributed by atoms with Crippen LogP contribution in [0.2, 0.25) is 0 Å². The second kappa shape index (κ2) is 6.50. The number of carbonyl (C=O) groups excluding carboxylic acids is 1. The molecule has 0 bridgehead atoms. The summed E-state index contributed by atoms with van der Waals surface area (Å²) >= 11 is 3.31. The summed E-state index contributed by atoms with van der Waals surface area (Å²) < 4.78 is 6.17. The van der Waals surface area contributed by atoms with Crippen LogP contribution in [0.1, 0.15) is 6.92 Å². The average Bonchev–Trinajstić information content (AvgIpc) is 2.26. The molecule has 0 unspecified atom stereocenters. The van der Waals surface area contributed by atoms with Gasteiger partial charge in [-0.05, 0) is 25.1 Å². The highest BCUT2D eigenvalue weighted by molar-refractivity contribution is 9.10. The fraction of sp³-hybridized carbons (Fsp3) is 0.364. The van der Waals surface area contributed by atoms with Crippen LogP contribution >= 0.6 is 15.9 Å². The Labute approximate surface area is 103 Å². The first-order valence-electron chi connectivity index (χ1n) is 4.90. The van der Waals surface area contributed by atoms with E-state index in [9.17, 15) is 4.79 Å². The van der Waals surface area contributed by atoms with E-state index < -0.39 is 0 Å². The summed E-state index contributed by atoms with van der Waals surface area (Å²) in [4.78, 5) is 11.3. The highest BCUT2D eigenvalue weighted by Gasteiger charge is 2.06. The first-order chi connectivity index (χ1) is 7.61. The molecule has 1 aromatic carbocycles. The van der Waals surface area contributed by atoms with E-state index in [4.69, 9.17) is 9.84 Å². The number of nitrogens with one attached hydrogen (secondary N) is 1. The third kappa shape index (κ3) is 4.63. The van der Waals surface area contributed by atoms with Gasteiger partial charge in [0.1, 0.15) is 5.75 Å². The maximum atomic E-state index is 11.3. The van der Waals surface area contributed by atoms with Crippen LogP contribution in [-0.4, -0.2) is 30.3 Å². The summed E-state index contributed by atoms with van der Waals surface area (Å²) in [6, 6.07) is 7.00. The number of ether oxygens (including phenoxy) is 1. The molecule has 4 nitrogen and oxygen atoms in total. The van der Waals surface area contributed by atoms with Crippen molar-refractivity contribution in [1.29, 1.82) is 0 Å². The van der Waals surface area contributed by atoms with Crippen molar-refractivity contribution in [2.24, 2.45) is 0 Å². The van der Waals surface area contributed by atoms with E-state index in [1.54, 1.807) is 19.1 Å². The third-order valence-electron chi connectivity index (χ3n) is 1.85. The minimum absolute atomic E-state index is 0.0548. The lowest BCUT2D eigenvalue weighted by Crippen LogP contribution is -2.38. The maximum absolute atomic E-state index is 11.3. The van der Waals surface area contributed by atoms with Gasteiger partial charge in [-0.15, -0.1) is 0 Å². The third-order valence-corrected chi connectivity index (χ3v) is 2.34. The first-order valence-corrected chi connectivity index (χ1v) is 5.69. The van der Waals surface area contributed by atoms with Crippen molar-refractivity contribution in [3.8, 4) is 5.75 Å². The van der Waals surface area contributed by atoms with Crippen LogP contribution in [0, 0.1) is 0 Å². The van der Waals surface area contributed by atoms with E-state index >= 15 is 0 Å². The normalized spacial score (nSPS) is 11.9. The predicted molar refractivity (Wildman–Crippen MR) is 64.3 cm³/mol. The lowest BCUT2D eigenvalue weighted by Gasteiger charge is -2.11. The zero-order valence-corrected chi connectivity index (χ0v) is 10.5. The molecule has 0 heterocycles. The van der Waals surface area contributed by atoms with Crippen LogP contribution in [0.4, 0.5) is 0 Å². The summed E-state index contributed by atoms with van der Waals surface area (Å²) in [6.45, 7) is 1.58. The number of hydrogen-bond acceptors (Lipinski definition) is 3. The van der Waals surface area contributed by atoms with Gasteiger partial charge in [0.05, 0.1) is 6.61 Å². The molecular weight excluding hydrogens is 274 g/mol. The molecule has 0 saturated carbocycles. The zero-order valence-electron chi connectivity index (χ0n) is 8.94. The van der Waals surface area contributed by atoms with Gasteiger partial charge in [0.2, 0.25) is 0 Å². The Bertz CT molecular complexity index is 357. The molecule has 1 aromatic rings. The Morgan fingerprint density at radius 1 is 1.62 bits per heavy atom. The molecule has 5 heteroatoms. The van der Waals surface area contributed by atoms with Crippen molar-refractivity contribution >= 4 is 21.8 Å². The molecule has 16 heavy (non-hydrogen) atoms. The Balaban J connectivity index is 2.37. The number of rotatable bonds is 5. The minimum atomic E-state index is -0.251. The number of benzene rings is 1. The lowest BCUT2D eigenvalue weighted by atomic mass is 10.3. The van der Waals surface area contributed by atoms with Gasteiger partial charge in [-0.25, -0.2) is 0 Å². The number of hydrogen-bond donors (Lipinski definition) is 2. The largest absolute Gasteiger partial charge is 0.484 e. The molecule has 0 aliphatic rings. The number of aliphatic hydroxyl groups is 1. The van der Waals surface area contributed by atoms with Gasteiger partial charge >= 0.3 is 0 Å². The van der Waals surface area contributed by atoms with E-state index in [1.807, 2.05) is 12.1 Å². The van der Waals surface area contributed by atoms with Gasteiger partial charge in [0.15, 0.2) is 6.61 Å². The van der Waals surface area contributed by atoms with Crippen molar-refractivity contribution < 1.29 is 14.6 Å². The average molecular weight is 288 g/mol. The van der Waals surface area contributed by atoms with Crippen LogP contribution in [0.25, 0.3) is 0 Å². The van der Waals surface area contributed by atoms with Gasteiger partial charge in [-0.3, -0.25) is 4.79 Å². The molecule has 1 amide bonds. The van der Waals surface area contributed by atoms with Crippen LogP contribution in [0.5, 0.6) is 5.75 Å². The van der Waals surface area contributed by atoms with Gasteiger partial charge in [0, 0.05) is 10.5 Å². The Morgan fingerprint density at radius 2 is 2.38 bits per heavy atom. The fourth-order valence-electron chi connectivity index (χ4n) is 1.07. The molecule has 0 radical (unpaired) electrons. The first kappa shape index (κ1) is 13.0. The molecule has 0 saturated heterocycles. The topological polar surface area (TPSA) is 58.6 Å². The summed E-state index contributed by atoms with van der Waals surface area (Å²) in [5, 5.41) is 11.3. The SMILES string of the molecule is C[C@H](CO)NC(=O)COc1cccc(Br)c1. The van der Waals surface area contributed by atoms with Crippen molar-refractivity contribution in [3.05, 3.63) is 28.7 Å². The van der Waals surface area contributed by atoms with Gasteiger partial charge < -0.3 is 15.2 Å². The predicted octanol–water partition coefficient (Wildman–Crippen LogP) is 1.32. The maximum Gasteiger partial charge on any atom is 0.258 e. The summed E-state index contributed by atoms with van der Waals surface area (Å²) in [7, 11) is 0. The monoisotopic (exact) mass is 287 g/mol. The Hall–Kier alpha value is -1.07. The Morgan fingerprint density at radius 3 is 3.00 bits per heavy atom. The van der Waals surface area contributed by atoms with E-state index in [2.05, 4.69) is 21.2 Å². The van der Waals surface area contributed by atoms with Crippen molar-refractivity contribution in [3.63, 3.8) is 0 Å². The van der Waals surface area contributed by atoms with E-state index in [-0.39, 0.29) is 25.2 Å². The van der Waals surface area contributed by atoms with Gasteiger partial charge in [-0.1, -0.05) is 22.0 Å². The molecule has 0 aliphatic heterocycles. The van der Waals surface area contributed by atoms with Crippen LogP contribution in [-0.2, 0) is 4.79 Å². The fourth-order valence-corrected chi connectivity index (χ4v) is 1.45. The van der Waals surface area contributed by atoms with Gasteiger partial charge in [-0.2, -0.15) is 0 Å². The van der Waals surface area contributed by atoms with Crippen molar-refractivity contribution in [1.82, 2.24) is 5.32 Å². The second-order valence-electron chi connectivity index (χ2n) is 3.40. The van der Waals surface area contributed by atoms with E-state index in [0.717, 1.165) is 4.47 Å². The van der Waals surface area contributed by atoms with Crippen molar-refractivity contribution in [2.75, 3.05) is 13.2 Å². The standard InChI is InChI=1S/C11H14BrNO3/c1-8(6-14)13-11(15)7-16-10-4-2-3-9(12)5-10/h2-5,8,14H,6-7H2,1H3,(H,13,15)/t8-/m1/s1. The highest BCUT2D eigenvalue weighted by atomic mass is 79.9. The smallest absolute Gasteiger partial charge is 0.258 e. The minimum Gasteiger partial charge on any atom is -0.484 e. The molecule has 0 fully saturated rings. The van der Waals surface area contributed by atoms with E-state index in [1.165, 1.54) is 0 Å². The molecule has 0 aromatic heterocycles. The molecule has 1 atom stereocenters. The summed E-state index contributed by atoms with van der Waals surface area (Å²) in [6.07, 6.45) is 0. The van der Waals surface area contributed by atoms with Crippen LogP contribution < -0.4 is 10.1 Å². The summed E-state index contributed by atoms with van der Waals surface area (Å²) in [5.41, 5.74) is 0. The quantitative estimate of drug-likeness (QED) is 0.859. The number of carbonyl (C=O) groups is 1. The molecular formula is C11H14BrNO3. The second-order valence-corrected chi connectivity index (χ2v) is 4.31. The number of amides is 1. The molecule has 1 rings (SSSR count). The van der Waals surface area contributed by atoms with Crippen molar-refractivity contribution in [2.45, 2.75) is 13.0 Å². The van der Waals surface area contributed by atoms with Gasteiger partial charge in [0.25, 0.3) is 5.91 Å². The lowest BCUT2D eigenvalue weighted by molar-refractivity contribution is -0.123. The molecule has 88 valence electrons. The highest BCUT2D eigenvalue weighted by Crippen LogP contribution is 2.17. The number of halogens is 1. The molecule has 0 aliphatic carbocycles.